The van der Waals surface area contributed by atoms with E-state index in [0.717, 1.165) is 24.1 Å². The first kappa shape index (κ1) is 31.5. The van der Waals surface area contributed by atoms with E-state index in [4.69, 9.17) is 9.47 Å². The van der Waals surface area contributed by atoms with Crippen LogP contribution in [0.2, 0.25) is 0 Å². The lowest BCUT2D eigenvalue weighted by Crippen LogP contribution is -2.49. The highest BCUT2D eigenvalue weighted by Gasteiger charge is 2.38. The Morgan fingerprint density at radius 2 is 1.69 bits per heavy atom. The molecule has 2 heterocycles. The number of aliphatic imine (C=N–C) groups is 1. The Balaban J connectivity index is 1.46. The van der Waals surface area contributed by atoms with Crippen molar-refractivity contribution in [3.05, 3.63) is 69.3 Å². The topological polar surface area (TPSA) is 88.5 Å². The molecule has 0 bridgehead atoms. The van der Waals surface area contributed by atoms with Gasteiger partial charge < -0.3 is 14.4 Å². The molecule has 1 fully saturated rings. The maximum absolute atomic E-state index is 13.4. The molecule has 2 aliphatic heterocycles. The minimum Gasteiger partial charge on any atom is -0.493 e. The van der Waals surface area contributed by atoms with E-state index in [1.165, 1.54) is 35.7 Å². The van der Waals surface area contributed by atoms with E-state index >= 15 is 0 Å². The smallest absolute Gasteiger partial charge is 0.416 e. The number of piperazine rings is 1. The highest BCUT2D eigenvalue weighted by Crippen LogP contribution is 2.38. The zero-order valence-electron chi connectivity index (χ0n) is 22.0. The van der Waals surface area contributed by atoms with Gasteiger partial charge in [-0.3, -0.25) is 4.79 Å². The number of sulfonamides is 1. The fraction of sp³-hybridized carbons (Fsp3) is 0.346. The third-order valence-corrected chi connectivity index (χ3v) is 8.58. The van der Waals surface area contributed by atoms with Crippen molar-refractivity contribution in [1.82, 2.24) is 9.21 Å². The second kappa shape index (κ2) is 12.0. The number of ether oxygens (including phenoxy) is 2. The van der Waals surface area contributed by atoms with Gasteiger partial charge >= 0.3 is 12.4 Å². The van der Waals surface area contributed by atoms with Crippen LogP contribution < -0.4 is 9.47 Å². The highest BCUT2D eigenvalue weighted by molar-refractivity contribution is 8.18. The Morgan fingerprint density at radius 1 is 1.00 bits per heavy atom. The van der Waals surface area contributed by atoms with Crippen LogP contribution in [0, 0.1) is 0 Å². The van der Waals surface area contributed by atoms with Crippen molar-refractivity contribution >= 4 is 38.9 Å². The van der Waals surface area contributed by atoms with E-state index in [2.05, 4.69) is 10.7 Å². The number of thioether (sulfide) groups is 1. The molecule has 1 amide bonds. The molecule has 4 rings (SSSR count). The standard InChI is InChI=1S/C26H23F6N3O5S2/c1-39-21-13-16(4-8-22-23(36)33-24(41-22)34-9-11-35(12-10-34)42(2,37)38)3-7-20(21)40-15-17-5-6-18(25(27,28)29)14-19(17)26(30,31)32/h3-7,13-14H,9-12,15H2,1-2H3. The van der Waals surface area contributed by atoms with Gasteiger partial charge in [0.25, 0.3) is 5.91 Å². The predicted molar refractivity (Wildman–Crippen MR) is 143 cm³/mol. The molecule has 0 aliphatic carbocycles. The Hall–Kier alpha value is -3.46. The third-order valence-electron chi connectivity index (χ3n) is 6.25. The number of rotatable bonds is 6. The summed E-state index contributed by atoms with van der Waals surface area (Å²) in [5, 5.41) is 0.437. The van der Waals surface area contributed by atoms with Crippen LogP contribution in [0.5, 0.6) is 11.5 Å². The van der Waals surface area contributed by atoms with E-state index in [1.54, 1.807) is 0 Å². The molecule has 0 saturated carbocycles. The molecule has 42 heavy (non-hydrogen) atoms. The summed E-state index contributed by atoms with van der Waals surface area (Å²) in [6.07, 6.45) is -7.36. The number of benzene rings is 2. The lowest BCUT2D eigenvalue weighted by Gasteiger charge is -2.33. The molecule has 226 valence electrons. The number of amides is 1. The van der Waals surface area contributed by atoms with Crippen LogP contribution in [0.25, 0.3) is 6.08 Å². The average molecular weight is 636 g/mol. The summed E-state index contributed by atoms with van der Waals surface area (Å²) in [4.78, 5) is 18.4. The molecule has 0 aromatic heterocycles. The number of nitrogens with zero attached hydrogens (tertiary/aromatic N) is 3. The van der Waals surface area contributed by atoms with Crippen LogP contribution in [0.1, 0.15) is 22.3 Å². The van der Waals surface area contributed by atoms with Gasteiger partial charge in [0, 0.05) is 31.7 Å². The number of amidine groups is 1. The van der Waals surface area contributed by atoms with Crippen molar-refractivity contribution in [3.8, 4) is 11.5 Å². The quantitative estimate of drug-likeness (QED) is 0.251. The van der Waals surface area contributed by atoms with Gasteiger partial charge in [0.05, 0.1) is 24.5 Å². The molecule has 16 heteroatoms. The van der Waals surface area contributed by atoms with Gasteiger partial charge in [-0.1, -0.05) is 17.9 Å². The lowest BCUT2D eigenvalue weighted by atomic mass is 10.0. The largest absolute Gasteiger partial charge is 0.493 e. The Kier molecular flexibility index (Phi) is 9.02. The van der Waals surface area contributed by atoms with Crippen molar-refractivity contribution in [3.63, 3.8) is 0 Å². The summed E-state index contributed by atoms with van der Waals surface area (Å²) in [6, 6.07) is 5.74. The van der Waals surface area contributed by atoms with E-state index in [-0.39, 0.29) is 35.6 Å². The van der Waals surface area contributed by atoms with Gasteiger partial charge in [-0.05, 0) is 47.7 Å². The van der Waals surface area contributed by atoms with E-state index in [0.29, 0.717) is 29.9 Å². The van der Waals surface area contributed by atoms with Crippen LogP contribution in [0.15, 0.2) is 52.0 Å². The fourth-order valence-corrected chi connectivity index (χ4v) is 5.77. The molecular weight excluding hydrogens is 612 g/mol. The maximum atomic E-state index is 13.4. The zero-order valence-corrected chi connectivity index (χ0v) is 23.7. The summed E-state index contributed by atoms with van der Waals surface area (Å²) in [5.74, 6) is -0.344. The van der Waals surface area contributed by atoms with Crippen LogP contribution >= 0.6 is 11.8 Å². The van der Waals surface area contributed by atoms with Crippen LogP contribution in [0.4, 0.5) is 26.3 Å². The van der Waals surface area contributed by atoms with E-state index in [1.807, 2.05) is 4.90 Å². The maximum Gasteiger partial charge on any atom is 0.416 e. The average Bonchev–Trinajstić information content (AvgIpc) is 3.29. The van der Waals surface area contributed by atoms with Crippen molar-refractivity contribution in [2.75, 3.05) is 39.5 Å². The first-order valence-electron chi connectivity index (χ1n) is 12.1. The third kappa shape index (κ3) is 7.48. The molecule has 0 unspecified atom stereocenters. The Morgan fingerprint density at radius 3 is 2.29 bits per heavy atom. The van der Waals surface area contributed by atoms with E-state index < -0.39 is 51.6 Å². The van der Waals surface area contributed by atoms with Gasteiger partial charge in [-0.25, -0.2) is 8.42 Å². The first-order chi connectivity index (χ1) is 19.6. The molecule has 2 aromatic carbocycles. The first-order valence-corrected chi connectivity index (χ1v) is 14.8. The van der Waals surface area contributed by atoms with Gasteiger partial charge in [-0.2, -0.15) is 35.6 Å². The minimum atomic E-state index is -5.03. The van der Waals surface area contributed by atoms with Crippen molar-refractivity contribution in [2.45, 2.75) is 19.0 Å². The number of carbonyl (C=O) groups excluding carboxylic acids is 1. The molecular formula is C26H23F6N3O5S2. The van der Waals surface area contributed by atoms with Crippen molar-refractivity contribution in [2.24, 2.45) is 4.99 Å². The second-order valence-electron chi connectivity index (χ2n) is 9.13. The fourth-order valence-electron chi connectivity index (χ4n) is 4.07. The highest BCUT2D eigenvalue weighted by atomic mass is 32.2. The van der Waals surface area contributed by atoms with Gasteiger partial charge in [0.2, 0.25) is 10.0 Å². The van der Waals surface area contributed by atoms with Crippen LogP contribution in [0.3, 0.4) is 0 Å². The normalized spacial score (nSPS) is 16.8. The number of alkyl halides is 6. The van der Waals surface area contributed by atoms with Crippen LogP contribution in [-0.2, 0) is 33.8 Å². The Labute approximate surface area is 241 Å². The zero-order chi connectivity index (χ0) is 30.9. The summed E-state index contributed by atoms with van der Waals surface area (Å²) in [6.45, 7) is 0.613. The molecule has 0 N–H and O–H groups in total. The predicted octanol–water partition coefficient (Wildman–Crippen LogP) is 5.01. The lowest BCUT2D eigenvalue weighted by molar-refractivity contribution is -0.143. The summed E-state index contributed by atoms with van der Waals surface area (Å²) in [5.41, 5.74) is -0.00637. The molecule has 2 aliphatic rings. The Bertz CT molecular complexity index is 1570. The van der Waals surface area contributed by atoms with Crippen LogP contribution in [-0.4, -0.2) is 68.2 Å². The van der Waals surface area contributed by atoms with Gasteiger partial charge in [-0.15, -0.1) is 0 Å². The molecule has 1 saturated heterocycles. The number of hydrogen-bond donors (Lipinski definition) is 0. The summed E-state index contributed by atoms with van der Waals surface area (Å²) < 4.78 is 115. The van der Waals surface area contributed by atoms with E-state index in [9.17, 15) is 39.6 Å². The second-order valence-corrected chi connectivity index (χ2v) is 12.1. The molecule has 0 radical (unpaired) electrons. The molecule has 2 aromatic rings. The van der Waals surface area contributed by atoms with Gasteiger partial charge in [0.1, 0.15) is 11.5 Å². The minimum absolute atomic E-state index is 0.0421. The molecule has 8 nitrogen and oxygen atoms in total. The SMILES string of the molecule is COc1cc(C=C=C2SC(N3CCN(S(C)(=O)=O)CC3)=NC2=O)ccc1OCc1ccc(C(F)(F)F)cc1C(F)(F)F. The van der Waals surface area contributed by atoms with Crippen molar-refractivity contribution in [1.29, 1.82) is 0 Å². The monoisotopic (exact) mass is 635 g/mol. The number of hydrogen-bond acceptors (Lipinski definition) is 7. The molecule has 0 spiro atoms. The summed E-state index contributed by atoms with van der Waals surface area (Å²) >= 11 is 1.09. The molecule has 0 atom stereocenters. The van der Waals surface area contributed by atoms with Crippen molar-refractivity contribution < 1.29 is 49.0 Å². The number of methoxy groups -OCH3 is 1. The number of carbonyl (C=O) groups is 1. The van der Waals surface area contributed by atoms with Gasteiger partial charge in [0.15, 0.2) is 16.7 Å². The summed E-state index contributed by atoms with van der Waals surface area (Å²) in [7, 11) is -2.01. The number of halogens is 6.